The maximum absolute atomic E-state index is 14.4. The summed E-state index contributed by atoms with van der Waals surface area (Å²) in [6.07, 6.45) is 1.27. The number of benzene rings is 2. The number of aromatic nitrogens is 1. The molecule has 2 heterocycles. The molecule has 0 unspecified atom stereocenters. The summed E-state index contributed by atoms with van der Waals surface area (Å²) in [5.41, 5.74) is 0.0767. The molecule has 8 nitrogen and oxygen atoms in total. The second kappa shape index (κ2) is 9.35. The van der Waals surface area contributed by atoms with Gasteiger partial charge in [-0.15, -0.1) is 11.3 Å². The van der Waals surface area contributed by atoms with Gasteiger partial charge in [0.25, 0.3) is 11.6 Å². The van der Waals surface area contributed by atoms with E-state index >= 15 is 0 Å². The number of non-ortho nitro benzene ring substituents is 1. The quantitative estimate of drug-likeness (QED) is 0.278. The van der Waals surface area contributed by atoms with E-state index < -0.39 is 27.9 Å². The second-order valence-electron chi connectivity index (χ2n) is 7.73. The van der Waals surface area contributed by atoms with Crippen LogP contribution in [0.4, 0.5) is 14.5 Å². The highest BCUT2D eigenvalue weighted by atomic mass is 32.1. The Balaban J connectivity index is 1.98. The van der Waals surface area contributed by atoms with Crippen molar-refractivity contribution in [3.05, 3.63) is 97.3 Å². The maximum Gasteiger partial charge on any atom is 0.282 e. The van der Waals surface area contributed by atoms with E-state index in [0.717, 1.165) is 17.2 Å². The molecule has 0 saturated carbocycles. The highest BCUT2D eigenvalue weighted by Gasteiger charge is 2.24. The number of thiophene rings is 1. The van der Waals surface area contributed by atoms with E-state index in [2.05, 4.69) is 0 Å². The van der Waals surface area contributed by atoms with Crippen molar-refractivity contribution in [1.29, 1.82) is 0 Å². The Morgan fingerprint density at radius 2 is 1.80 bits per heavy atom. The molecule has 0 spiro atoms. The van der Waals surface area contributed by atoms with E-state index in [-0.39, 0.29) is 28.7 Å². The number of hydroxylamine groups is 2. The fourth-order valence-corrected chi connectivity index (χ4v) is 5.05. The summed E-state index contributed by atoms with van der Waals surface area (Å²) in [5, 5.41) is 12.1. The molecule has 0 saturated heterocycles. The van der Waals surface area contributed by atoms with E-state index in [1.54, 1.807) is 19.1 Å². The van der Waals surface area contributed by atoms with Gasteiger partial charge in [0.2, 0.25) is 5.43 Å². The number of fused-ring (bicyclic) bond motifs is 1. The third-order valence-corrected chi connectivity index (χ3v) is 7.04. The number of hydrogen-bond donors (Lipinski definition) is 0. The van der Waals surface area contributed by atoms with Crippen molar-refractivity contribution in [3.8, 4) is 10.4 Å². The molecule has 0 fully saturated rings. The minimum absolute atomic E-state index is 0.0856. The van der Waals surface area contributed by atoms with Crippen LogP contribution in [0.5, 0.6) is 0 Å². The van der Waals surface area contributed by atoms with Crippen LogP contribution in [0.2, 0.25) is 0 Å². The Morgan fingerprint density at radius 3 is 2.37 bits per heavy atom. The molecule has 0 N–H and O–H groups in total. The molecule has 180 valence electrons. The van der Waals surface area contributed by atoms with Gasteiger partial charge in [0.15, 0.2) is 0 Å². The van der Waals surface area contributed by atoms with Crippen molar-refractivity contribution < 1.29 is 23.3 Å². The van der Waals surface area contributed by atoms with Crippen LogP contribution in [0.15, 0.2) is 53.5 Å². The van der Waals surface area contributed by atoms with Gasteiger partial charge in [-0.05, 0) is 42.3 Å². The number of nitro benzene ring substituents is 1. The van der Waals surface area contributed by atoms with E-state index in [1.165, 1.54) is 54.5 Å². The van der Waals surface area contributed by atoms with Gasteiger partial charge in [-0.25, -0.2) is 13.8 Å². The Hall–Kier alpha value is -3.96. The molecule has 0 bridgehead atoms. The van der Waals surface area contributed by atoms with Gasteiger partial charge in [-0.1, -0.05) is 6.07 Å². The summed E-state index contributed by atoms with van der Waals surface area (Å²) in [4.78, 5) is 42.7. The standard InChI is InChI=1S/C24H19F2N3O5S/c1-13-20-21(30)17(23(31)27(2)34-3)12-28(11-16-18(25)5-4-6-19(16)26)24(20)35-22(13)14-7-9-15(10-8-14)29(32)33/h4-10,12H,11H2,1-3H3. The van der Waals surface area contributed by atoms with Gasteiger partial charge in [0.05, 0.1) is 24.0 Å². The summed E-state index contributed by atoms with van der Waals surface area (Å²) in [5.74, 6) is -2.24. The zero-order valence-corrected chi connectivity index (χ0v) is 19.7. The molecule has 0 aliphatic carbocycles. The number of carbonyl (C=O) groups excluding carboxylic acids is 1. The van der Waals surface area contributed by atoms with Crippen LogP contribution >= 0.6 is 11.3 Å². The molecule has 35 heavy (non-hydrogen) atoms. The first-order valence-corrected chi connectivity index (χ1v) is 11.1. The highest BCUT2D eigenvalue weighted by Crippen LogP contribution is 2.38. The van der Waals surface area contributed by atoms with Crippen LogP contribution in [0.25, 0.3) is 20.7 Å². The number of halogens is 2. The molecular formula is C24H19F2N3O5S. The smallest absolute Gasteiger partial charge is 0.282 e. The van der Waals surface area contributed by atoms with Crippen molar-refractivity contribution in [1.82, 2.24) is 9.63 Å². The number of nitro groups is 1. The molecule has 2 aromatic carbocycles. The molecule has 2 aromatic heterocycles. The lowest BCUT2D eigenvalue weighted by molar-refractivity contribution is -0.384. The molecule has 1 amide bonds. The normalized spacial score (nSPS) is 11.1. The SMILES string of the molecule is CON(C)C(=O)c1cn(Cc2c(F)cccc2F)c2sc(-c3ccc([N+](=O)[O-])cc3)c(C)c2c1=O. The maximum atomic E-state index is 14.4. The van der Waals surface area contributed by atoms with E-state index in [9.17, 15) is 28.5 Å². The first-order chi connectivity index (χ1) is 16.6. The van der Waals surface area contributed by atoms with E-state index in [0.29, 0.717) is 20.8 Å². The molecule has 4 aromatic rings. The van der Waals surface area contributed by atoms with Gasteiger partial charge in [0.1, 0.15) is 22.0 Å². The molecule has 0 aliphatic heterocycles. The molecule has 0 aliphatic rings. The van der Waals surface area contributed by atoms with Crippen LogP contribution < -0.4 is 5.43 Å². The van der Waals surface area contributed by atoms with Crippen molar-refractivity contribution in [2.24, 2.45) is 0 Å². The van der Waals surface area contributed by atoms with Crippen molar-refractivity contribution in [2.75, 3.05) is 14.2 Å². The topological polar surface area (TPSA) is 94.7 Å². The monoisotopic (exact) mass is 499 g/mol. The van der Waals surface area contributed by atoms with Crippen LogP contribution in [0.3, 0.4) is 0 Å². The van der Waals surface area contributed by atoms with E-state index in [4.69, 9.17) is 4.84 Å². The number of aryl methyl sites for hydroxylation is 1. The minimum Gasteiger partial charge on any atom is -0.334 e. The Bertz CT molecular complexity index is 1510. The third-order valence-electron chi connectivity index (χ3n) is 5.67. The predicted molar refractivity (Wildman–Crippen MR) is 127 cm³/mol. The van der Waals surface area contributed by atoms with Crippen LogP contribution in [-0.2, 0) is 11.4 Å². The lowest BCUT2D eigenvalue weighted by Crippen LogP contribution is -2.31. The molecule has 11 heteroatoms. The summed E-state index contributed by atoms with van der Waals surface area (Å²) < 4.78 is 30.4. The average molecular weight is 499 g/mol. The number of carbonyl (C=O) groups is 1. The first-order valence-electron chi connectivity index (χ1n) is 10.3. The summed E-state index contributed by atoms with van der Waals surface area (Å²) in [6, 6.07) is 9.33. The van der Waals surface area contributed by atoms with Gasteiger partial charge >= 0.3 is 0 Å². The number of pyridine rings is 1. The van der Waals surface area contributed by atoms with Gasteiger partial charge in [-0.3, -0.25) is 24.5 Å². The van der Waals surface area contributed by atoms with Crippen molar-refractivity contribution >= 4 is 33.1 Å². The second-order valence-corrected chi connectivity index (χ2v) is 8.72. The third kappa shape index (κ3) is 4.31. The molecular weight excluding hydrogens is 480 g/mol. The fourth-order valence-electron chi connectivity index (χ4n) is 3.76. The number of amides is 1. The predicted octanol–water partition coefficient (Wildman–Crippen LogP) is 4.91. The first kappa shape index (κ1) is 24.2. The Labute approximate surface area is 201 Å². The Kier molecular flexibility index (Phi) is 6.46. The summed E-state index contributed by atoms with van der Waals surface area (Å²) in [6.45, 7) is 1.42. The number of rotatable bonds is 6. The Morgan fingerprint density at radius 1 is 1.17 bits per heavy atom. The van der Waals surface area contributed by atoms with Crippen molar-refractivity contribution in [2.45, 2.75) is 13.5 Å². The van der Waals surface area contributed by atoms with Crippen LogP contribution in [0, 0.1) is 28.7 Å². The zero-order valence-electron chi connectivity index (χ0n) is 18.9. The lowest BCUT2D eigenvalue weighted by atomic mass is 10.1. The summed E-state index contributed by atoms with van der Waals surface area (Å²) in [7, 11) is 2.61. The van der Waals surface area contributed by atoms with Crippen LogP contribution in [0.1, 0.15) is 21.5 Å². The van der Waals surface area contributed by atoms with Gasteiger partial charge in [0, 0.05) is 35.8 Å². The highest BCUT2D eigenvalue weighted by molar-refractivity contribution is 7.22. The largest absolute Gasteiger partial charge is 0.334 e. The number of hydrogen-bond acceptors (Lipinski definition) is 6. The molecule has 4 rings (SSSR count). The fraction of sp³-hybridized carbons (Fsp3) is 0.167. The molecule has 0 atom stereocenters. The van der Waals surface area contributed by atoms with Crippen LogP contribution in [-0.4, -0.2) is 34.6 Å². The molecule has 0 radical (unpaired) electrons. The van der Waals surface area contributed by atoms with Crippen molar-refractivity contribution in [3.63, 3.8) is 0 Å². The van der Waals surface area contributed by atoms with Gasteiger partial charge in [-0.2, -0.15) is 0 Å². The minimum atomic E-state index is -0.761. The number of nitrogens with zero attached hydrogens (tertiary/aromatic N) is 3. The van der Waals surface area contributed by atoms with E-state index in [1.807, 2.05) is 0 Å². The summed E-state index contributed by atoms with van der Waals surface area (Å²) >= 11 is 1.19. The van der Waals surface area contributed by atoms with Gasteiger partial charge < -0.3 is 4.57 Å². The lowest BCUT2D eigenvalue weighted by Gasteiger charge is -2.16. The zero-order chi connectivity index (χ0) is 25.4. The average Bonchev–Trinajstić information content (AvgIpc) is 3.19.